The number of nitrogens with zero attached hydrogens (tertiary/aromatic N) is 2. The summed E-state index contributed by atoms with van der Waals surface area (Å²) in [6.07, 6.45) is 33.2. The summed E-state index contributed by atoms with van der Waals surface area (Å²) in [6.45, 7) is 0. The molecule has 4 heteroatoms. The average molecular weight is 699 g/mol. The molecule has 11 rings (SSSR count). The minimum absolute atomic E-state index is 0.342. The van der Waals surface area contributed by atoms with E-state index in [9.17, 15) is 0 Å². The van der Waals surface area contributed by atoms with Gasteiger partial charge in [0.1, 0.15) is 11.3 Å². The zero-order valence-corrected chi connectivity index (χ0v) is 30.7. The third kappa shape index (κ3) is 4.93. The van der Waals surface area contributed by atoms with E-state index in [-0.39, 0.29) is 0 Å². The van der Waals surface area contributed by atoms with Crippen LogP contribution in [0.1, 0.15) is 93.4 Å². The van der Waals surface area contributed by atoms with Crippen LogP contribution in [0.15, 0.2) is 124 Å². The summed E-state index contributed by atoms with van der Waals surface area (Å²) in [6, 6.07) is 23.8. The van der Waals surface area contributed by atoms with Gasteiger partial charge in [0.15, 0.2) is 0 Å². The van der Waals surface area contributed by atoms with Crippen molar-refractivity contribution >= 4 is 61.6 Å². The summed E-state index contributed by atoms with van der Waals surface area (Å²) in [4.78, 5) is 4.49. The molecule has 3 heterocycles. The van der Waals surface area contributed by atoms with Crippen molar-refractivity contribution in [1.29, 1.82) is 0 Å². The summed E-state index contributed by atoms with van der Waals surface area (Å²) in [7, 11) is 0. The maximum absolute atomic E-state index is 6.62. The minimum Gasteiger partial charge on any atom is -0.460 e. The number of benzene rings is 3. The molecule has 0 N–H and O–H groups in total. The van der Waals surface area contributed by atoms with Crippen molar-refractivity contribution < 1.29 is 4.42 Å². The van der Waals surface area contributed by atoms with Crippen molar-refractivity contribution in [3.63, 3.8) is 0 Å². The highest BCUT2D eigenvalue weighted by atomic mass is 32.2. The second-order valence-corrected chi connectivity index (χ2v) is 17.1. The molecule has 3 unspecified atom stereocenters. The van der Waals surface area contributed by atoms with Gasteiger partial charge in [-0.3, -0.25) is 0 Å². The van der Waals surface area contributed by atoms with Crippen molar-refractivity contribution in [2.24, 2.45) is 5.92 Å². The largest absolute Gasteiger partial charge is 0.460 e. The third-order valence-corrected chi connectivity index (χ3v) is 14.5. The molecule has 1 fully saturated rings. The smallest absolute Gasteiger partial charge is 0.134 e. The zero-order chi connectivity index (χ0) is 34.2. The average Bonchev–Trinajstić information content (AvgIpc) is 3.89. The number of allylic oxidation sites excluding steroid dienone is 10. The Labute approximate surface area is 311 Å². The lowest BCUT2D eigenvalue weighted by atomic mass is 9.78. The topological polar surface area (TPSA) is 21.3 Å². The Morgan fingerprint density at radius 1 is 0.769 bits per heavy atom. The SMILES string of the molecule is C1=CCC(c2ccc3c(c2)c2cc(N(C4=CCCc5oc6ccccc6c54)C4CCCC5=C4SC4CCCC[C@@H]54)ccc2n3C2=CCCC=C2)C=C1. The second-order valence-electron chi connectivity index (χ2n) is 15.8. The van der Waals surface area contributed by atoms with Crippen LogP contribution in [-0.2, 0) is 6.42 Å². The van der Waals surface area contributed by atoms with Gasteiger partial charge in [0.25, 0.3) is 0 Å². The van der Waals surface area contributed by atoms with Gasteiger partial charge < -0.3 is 13.9 Å². The van der Waals surface area contributed by atoms with Crippen LogP contribution in [0.25, 0.3) is 44.2 Å². The van der Waals surface area contributed by atoms with Crippen molar-refractivity contribution in [2.75, 3.05) is 4.90 Å². The first kappa shape index (κ1) is 31.1. The van der Waals surface area contributed by atoms with Crippen LogP contribution in [0.5, 0.6) is 0 Å². The number of hydrogen-bond donors (Lipinski definition) is 0. The summed E-state index contributed by atoms with van der Waals surface area (Å²) in [5.74, 6) is 2.34. The fourth-order valence-electron chi connectivity index (χ4n) is 10.5. The number of furan rings is 1. The molecule has 0 spiro atoms. The third-order valence-electron chi connectivity index (χ3n) is 12.9. The van der Waals surface area contributed by atoms with E-state index in [2.05, 4.69) is 131 Å². The van der Waals surface area contributed by atoms with Gasteiger partial charge in [0.05, 0.1) is 17.1 Å². The number of anilines is 1. The monoisotopic (exact) mass is 698 g/mol. The van der Waals surface area contributed by atoms with Gasteiger partial charge in [-0.25, -0.2) is 0 Å². The van der Waals surface area contributed by atoms with E-state index in [0.29, 0.717) is 12.0 Å². The van der Waals surface area contributed by atoms with Gasteiger partial charge in [-0.2, -0.15) is 0 Å². The predicted molar refractivity (Wildman–Crippen MR) is 221 cm³/mol. The van der Waals surface area contributed by atoms with Gasteiger partial charge in [-0.15, -0.1) is 11.8 Å². The van der Waals surface area contributed by atoms with Gasteiger partial charge >= 0.3 is 0 Å². The van der Waals surface area contributed by atoms with Crippen LogP contribution in [0.2, 0.25) is 0 Å². The molecule has 4 atom stereocenters. The first-order valence-corrected chi connectivity index (χ1v) is 20.9. The number of aromatic nitrogens is 1. The van der Waals surface area contributed by atoms with Gasteiger partial charge in [0, 0.05) is 61.3 Å². The van der Waals surface area contributed by atoms with E-state index in [1.54, 1.807) is 10.5 Å². The fraction of sp³-hybridized carbons (Fsp3) is 0.333. The van der Waals surface area contributed by atoms with Crippen molar-refractivity contribution in [3.8, 4) is 0 Å². The maximum atomic E-state index is 6.62. The standard InChI is InChI=1S/C48H46N2OS/c1-3-13-31(14-4-1)32-25-27-40-38(29-32)39-30-34(26-28-41(39)49(40)33-15-5-2-6-16-33)50(42-20-12-23-45-47(42)37-18-7-9-22-44(37)51-45)43-21-11-19-36-35-17-8-10-24-46(35)52-48(36)43/h1,3-5,7,9,13,15-16,18,20,22,25-31,35,43,46H,2,6,8,10-12,14,17,19,21,23-24H2/t31?,35-,43?,46?/m0/s1. The Hall–Kier alpha value is -4.41. The Morgan fingerprint density at radius 3 is 2.58 bits per heavy atom. The van der Waals surface area contributed by atoms with E-state index in [1.807, 2.05) is 0 Å². The molecule has 1 saturated carbocycles. The molecule has 0 saturated heterocycles. The molecule has 260 valence electrons. The summed E-state index contributed by atoms with van der Waals surface area (Å²) in [5, 5.41) is 4.72. The molecule has 5 aromatic rings. The van der Waals surface area contributed by atoms with Gasteiger partial charge in [0.2, 0.25) is 0 Å². The van der Waals surface area contributed by atoms with Crippen LogP contribution in [0, 0.1) is 5.92 Å². The van der Waals surface area contributed by atoms with Crippen LogP contribution in [0.3, 0.4) is 0 Å². The van der Waals surface area contributed by atoms with E-state index < -0.39 is 0 Å². The Balaban J connectivity index is 1.13. The normalized spacial score (nSPS) is 25.4. The zero-order valence-electron chi connectivity index (χ0n) is 29.9. The Kier molecular flexibility index (Phi) is 7.56. The lowest BCUT2D eigenvalue weighted by molar-refractivity contribution is 0.404. The van der Waals surface area contributed by atoms with Crippen LogP contribution in [0.4, 0.5) is 5.69 Å². The minimum atomic E-state index is 0.342. The lowest BCUT2D eigenvalue weighted by Crippen LogP contribution is -2.37. The molecule has 0 radical (unpaired) electrons. The number of aryl methyl sites for hydroxylation is 1. The van der Waals surface area contributed by atoms with E-state index in [4.69, 9.17) is 4.42 Å². The molecule has 52 heavy (non-hydrogen) atoms. The summed E-state index contributed by atoms with van der Waals surface area (Å²) >= 11 is 2.26. The first-order valence-electron chi connectivity index (χ1n) is 20.0. The number of fused-ring (bicyclic) bond motifs is 8. The maximum Gasteiger partial charge on any atom is 0.134 e. The number of para-hydroxylation sites is 1. The first-order chi connectivity index (χ1) is 25.8. The predicted octanol–water partition coefficient (Wildman–Crippen LogP) is 13.2. The molecule has 1 aliphatic heterocycles. The number of thioether (sulfide) groups is 1. The lowest BCUT2D eigenvalue weighted by Gasteiger charge is -2.40. The molecule has 0 amide bonds. The molecule has 2 aromatic heterocycles. The number of hydrogen-bond acceptors (Lipinski definition) is 3. The van der Waals surface area contributed by atoms with E-state index in [0.717, 1.165) is 54.6 Å². The molecule has 3 aromatic carbocycles. The second kappa shape index (κ2) is 12.6. The van der Waals surface area contributed by atoms with E-state index in [1.165, 1.54) is 100 Å². The Bertz CT molecular complexity index is 2440. The summed E-state index contributed by atoms with van der Waals surface area (Å²) in [5.41, 5.74) is 12.1. The molecular formula is C48H46N2OS. The Morgan fingerprint density at radius 2 is 1.67 bits per heavy atom. The fourth-order valence-corrected chi connectivity index (χ4v) is 12.4. The molecular weight excluding hydrogens is 653 g/mol. The molecule has 5 aliphatic carbocycles. The highest BCUT2D eigenvalue weighted by Crippen LogP contribution is 2.56. The van der Waals surface area contributed by atoms with E-state index >= 15 is 0 Å². The van der Waals surface area contributed by atoms with Crippen LogP contribution >= 0.6 is 11.8 Å². The van der Waals surface area contributed by atoms with Crippen molar-refractivity contribution in [1.82, 2.24) is 4.57 Å². The van der Waals surface area contributed by atoms with Crippen molar-refractivity contribution in [3.05, 3.63) is 137 Å². The van der Waals surface area contributed by atoms with Crippen LogP contribution in [-0.4, -0.2) is 15.9 Å². The molecule has 0 bridgehead atoms. The van der Waals surface area contributed by atoms with Crippen molar-refractivity contribution in [2.45, 2.75) is 94.3 Å². The van der Waals surface area contributed by atoms with Gasteiger partial charge in [-0.1, -0.05) is 85.2 Å². The van der Waals surface area contributed by atoms with Gasteiger partial charge in [-0.05, 0) is 112 Å². The number of rotatable bonds is 5. The summed E-state index contributed by atoms with van der Waals surface area (Å²) < 4.78 is 9.14. The highest BCUT2D eigenvalue weighted by Gasteiger charge is 2.44. The highest BCUT2D eigenvalue weighted by molar-refractivity contribution is 8.04. The molecule has 3 nitrogen and oxygen atoms in total. The molecule has 6 aliphatic rings. The van der Waals surface area contributed by atoms with Crippen LogP contribution < -0.4 is 4.90 Å². The quantitative estimate of drug-likeness (QED) is 0.182.